The van der Waals surface area contributed by atoms with Gasteiger partial charge in [-0.2, -0.15) is 0 Å². The van der Waals surface area contributed by atoms with Gasteiger partial charge in [0, 0.05) is 23.2 Å². The van der Waals surface area contributed by atoms with E-state index < -0.39 is 10.0 Å². The van der Waals surface area contributed by atoms with Crippen LogP contribution in [0.5, 0.6) is 11.5 Å². The monoisotopic (exact) mass is 466 g/mol. The lowest BCUT2D eigenvalue weighted by Gasteiger charge is -2.28. The highest BCUT2D eigenvalue weighted by Crippen LogP contribution is 2.36. The number of hydrogen-bond donors (Lipinski definition) is 2. The second-order valence-electron chi connectivity index (χ2n) is 8.03. The van der Waals surface area contributed by atoms with Crippen LogP contribution in [-0.4, -0.2) is 28.0 Å². The Kier molecular flexibility index (Phi) is 6.29. The Morgan fingerprint density at radius 1 is 1.06 bits per heavy atom. The van der Waals surface area contributed by atoms with E-state index in [0.717, 1.165) is 22.4 Å². The Bertz CT molecular complexity index is 1290. The summed E-state index contributed by atoms with van der Waals surface area (Å²) in [5.74, 6) is 1.09. The number of ether oxygens (including phenoxy) is 2. The number of anilines is 1. The average Bonchev–Trinajstić information content (AvgIpc) is 2.80. The van der Waals surface area contributed by atoms with Gasteiger partial charge in [0.1, 0.15) is 11.5 Å². The summed E-state index contributed by atoms with van der Waals surface area (Å²) in [5.41, 5.74) is 3.73. The Balaban J connectivity index is 1.54. The third-order valence-corrected chi connectivity index (χ3v) is 6.91. The molecule has 1 aliphatic rings. The van der Waals surface area contributed by atoms with E-state index in [1.807, 2.05) is 26.0 Å². The van der Waals surface area contributed by atoms with Crippen molar-refractivity contribution in [2.75, 3.05) is 18.4 Å². The van der Waals surface area contributed by atoms with Crippen molar-refractivity contribution < 1.29 is 22.7 Å². The molecule has 0 radical (unpaired) electrons. The lowest BCUT2D eigenvalue weighted by atomic mass is 9.95. The summed E-state index contributed by atoms with van der Waals surface area (Å²) in [4.78, 5) is 13.0. The van der Waals surface area contributed by atoms with Crippen LogP contribution in [0.15, 0.2) is 65.6 Å². The van der Waals surface area contributed by atoms with Crippen LogP contribution < -0.4 is 19.5 Å². The minimum atomic E-state index is -3.87. The van der Waals surface area contributed by atoms with Crippen LogP contribution in [0.2, 0.25) is 0 Å². The largest absolute Gasteiger partial charge is 0.497 e. The predicted octanol–water partition coefficient (Wildman–Crippen LogP) is 4.37. The van der Waals surface area contributed by atoms with E-state index in [-0.39, 0.29) is 22.4 Å². The molecule has 1 heterocycles. The van der Waals surface area contributed by atoms with Gasteiger partial charge >= 0.3 is 0 Å². The molecular weight excluding hydrogens is 440 g/mol. The Labute approximate surface area is 193 Å². The first-order valence-electron chi connectivity index (χ1n) is 10.6. The number of hydrogen-bond acceptors (Lipinski definition) is 5. The summed E-state index contributed by atoms with van der Waals surface area (Å²) >= 11 is 0. The molecule has 0 aliphatic carbocycles. The third kappa shape index (κ3) is 4.96. The fourth-order valence-electron chi connectivity index (χ4n) is 3.95. The zero-order valence-corrected chi connectivity index (χ0v) is 19.5. The Morgan fingerprint density at radius 2 is 1.82 bits per heavy atom. The molecule has 0 saturated heterocycles. The summed E-state index contributed by atoms with van der Waals surface area (Å²) in [7, 11) is -2.33. The van der Waals surface area contributed by atoms with Crippen molar-refractivity contribution in [2.45, 2.75) is 31.2 Å². The maximum atomic E-state index is 13.0. The molecule has 0 fully saturated rings. The molecule has 0 aromatic heterocycles. The summed E-state index contributed by atoms with van der Waals surface area (Å²) in [5, 5.41) is 3.04. The van der Waals surface area contributed by atoms with Gasteiger partial charge in [-0.25, -0.2) is 8.42 Å². The van der Waals surface area contributed by atoms with Crippen LogP contribution in [0.25, 0.3) is 0 Å². The third-order valence-electron chi connectivity index (χ3n) is 5.53. The molecule has 1 unspecified atom stereocenters. The lowest BCUT2D eigenvalue weighted by molar-refractivity contribution is 0.0924. The summed E-state index contributed by atoms with van der Waals surface area (Å²) in [6.07, 6.45) is 0.638. The second kappa shape index (κ2) is 9.15. The zero-order valence-electron chi connectivity index (χ0n) is 18.7. The van der Waals surface area contributed by atoms with Crippen molar-refractivity contribution in [2.24, 2.45) is 0 Å². The van der Waals surface area contributed by atoms with Crippen LogP contribution >= 0.6 is 0 Å². The van der Waals surface area contributed by atoms with E-state index in [1.165, 1.54) is 19.2 Å². The van der Waals surface area contributed by atoms with E-state index in [0.29, 0.717) is 24.5 Å². The van der Waals surface area contributed by atoms with Crippen LogP contribution in [0.4, 0.5) is 5.69 Å². The first-order valence-corrected chi connectivity index (χ1v) is 12.1. The summed E-state index contributed by atoms with van der Waals surface area (Å²) in [6.45, 7) is 4.49. The molecule has 1 amide bonds. The highest BCUT2D eigenvalue weighted by Gasteiger charge is 2.25. The van der Waals surface area contributed by atoms with Crippen molar-refractivity contribution in [1.82, 2.24) is 5.32 Å². The Morgan fingerprint density at radius 3 is 2.55 bits per heavy atom. The van der Waals surface area contributed by atoms with Gasteiger partial charge in [-0.3, -0.25) is 9.52 Å². The van der Waals surface area contributed by atoms with Gasteiger partial charge in [-0.1, -0.05) is 23.8 Å². The summed E-state index contributed by atoms with van der Waals surface area (Å²) in [6, 6.07) is 16.4. The molecule has 1 aliphatic heterocycles. The number of fused-ring (bicyclic) bond motifs is 1. The van der Waals surface area contributed by atoms with Crippen molar-refractivity contribution in [3.05, 3.63) is 82.9 Å². The maximum Gasteiger partial charge on any atom is 0.261 e. The first kappa shape index (κ1) is 22.7. The van der Waals surface area contributed by atoms with Crippen molar-refractivity contribution >= 4 is 21.6 Å². The molecule has 4 rings (SSSR count). The van der Waals surface area contributed by atoms with Gasteiger partial charge < -0.3 is 14.8 Å². The number of carbonyl (C=O) groups excluding carboxylic acids is 1. The number of rotatable bonds is 6. The normalized spacial score (nSPS) is 15.2. The molecule has 7 nitrogen and oxygen atoms in total. The van der Waals surface area contributed by atoms with Gasteiger partial charge in [0.25, 0.3) is 15.9 Å². The van der Waals surface area contributed by atoms with Gasteiger partial charge in [0.2, 0.25) is 0 Å². The average molecular weight is 467 g/mol. The lowest BCUT2D eigenvalue weighted by Crippen LogP contribution is -2.32. The van der Waals surface area contributed by atoms with Gasteiger partial charge in [0.15, 0.2) is 0 Å². The quantitative estimate of drug-likeness (QED) is 0.563. The zero-order chi connectivity index (χ0) is 23.6. The van der Waals surface area contributed by atoms with Gasteiger partial charge in [0.05, 0.1) is 24.7 Å². The fraction of sp³-hybridized carbons (Fsp3) is 0.240. The Hall–Kier alpha value is -3.52. The predicted molar refractivity (Wildman–Crippen MR) is 126 cm³/mol. The molecule has 0 spiro atoms. The van der Waals surface area contributed by atoms with Crippen LogP contribution in [0.3, 0.4) is 0 Å². The first-order chi connectivity index (χ1) is 15.8. The SMILES string of the molecule is COc1ccc(NS(=O)(=O)c2cccc(C(=O)NC3CCOc4c(C)cc(C)cc43)c2)cc1. The number of amides is 1. The molecule has 8 heteroatoms. The van der Waals surface area contributed by atoms with Crippen LogP contribution in [0, 0.1) is 13.8 Å². The topological polar surface area (TPSA) is 93.7 Å². The number of benzene rings is 3. The molecule has 0 saturated carbocycles. The molecule has 2 N–H and O–H groups in total. The highest BCUT2D eigenvalue weighted by molar-refractivity contribution is 7.92. The summed E-state index contributed by atoms with van der Waals surface area (Å²) < 4.78 is 39.2. The molecule has 3 aromatic rings. The highest BCUT2D eigenvalue weighted by atomic mass is 32.2. The van der Waals surface area contributed by atoms with Gasteiger partial charge in [-0.15, -0.1) is 0 Å². The number of aryl methyl sites for hydroxylation is 2. The molecule has 1 atom stereocenters. The van der Waals surface area contributed by atoms with Crippen molar-refractivity contribution in [3.8, 4) is 11.5 Å². The molecule has 3 aromatic carbocycles. The van der Waals surface area contributed by atoms with E-state index >= 15 is 0 Å². The molecule has 172 valence electrons. The van der Waals surface area contributed by atoms with Crippen molar-refractivity contribution in [3.63, 3.8) is 0 Å². The van der Waals surface area contributed by atoms with E-state index in [9.17, 15) is 13.2 Å². The number of methoxy groups -OCH3 is 1. The van der Waals surface area contributed by atoms with E-state index in [4.69, 9.17) is 9.47 Å². The van der Waals surface area contributed by atoms with Crippen LogP contribution in [0.1, 0.15) is 39.5 Å². The van der Waals surface area contributed by atoms with Crippen LogP contribution in [-0.2, 0) is 10.0 Å². The smallest absolute Gasteiger partial charge is 0.261 e. The number of nitrogens with one attached hydrogen (secondary N) is 2. The van der Waals surface area contributed by atoms with E-state index in [1.54, 1.807) is 36.4 Å². The number of carbonyl (C=O) groups is 1. The minimum absolute atomic E-state index is 0.00466. The van der Waals surface area contributed by atoms with Gasteiger partial charge in [-0.05, 0) is 61.9 Å². The van der Waals surface area contributed by atoms with E-state index in [2.05, 4.69) is 10.0 Å². The fourth-order valence-corrected chi connectivity index (χ4v) is 5.05. The standard InChI is InChI=1S/C25H26N2O5S/c1-16-13-17(2)24-22(14-16)23(11-12-32-24)26-25(28)18-5-4-6-21(15-18)33(29,30)27-19-7-9-20(31-3)10-8-19/h4-10,13-15,23,27H,11-12H2,1-3H3,(H,26,28). The molecular formula is C25H26N2O5S. The number of sulfonamides is 1. The van der Waals surface area contributed by atoms with Crippen molar-refractivity contribution in [1.29, 1.82) is 0 Å². The molecule has 33 heavy (non-hydrogen) atoms. The minimum Gasteiger partial charge on any atom is -0.497 e. The second-order valence-corrected chi connectivity index (χ2v) is 9.71. The maximum absolute atomic E-state index is 13.0. The molecule has 0 bridgehead atoms.